The van der Waals surface area contributed by atoms with Crippen LogP contribution >= 0.6 is 0 Å². The second-order valence-electron chi connectivity index (χ2n) is 4.49. The van der Waals surface area contributed by atoms with Crippen LogP contribution < -0.4 is 4.72 Å². The first-order valence-electron chi connectivity index (χ1n) is 5.75. The zero-order valence-corrected chi connectivity index (χ0v) is 11.3. The standard InChI is InChI=1S/C12H18FNO3S/c1-9(2)5-6-14-18(16,17)12-7-11(13)4-3-10(12)8-15/h3-4,7,9,14-15H,5-6,8H2,1-2H3. The van der Waals surface area contributed by atoms with E-state index in [1.54, 1.807) is 0 Å². The molecule has 0 bridgehead atoms. The smallest absolute Gasteiger partial charge is 0.241 e. The first-order chi connectivity index (χ1) is 8.36. The SMILES string of the molecule is CC(C)CCNS(=O)(=O)c1cc(F)ccc1CO. The molecule has 0 saturated heterocycles. The van der Waals surface area contributed by atoms with E-state index in [1.807, 2.05) is 13.8 Å². The summed E-state index contributed by atoms with van der Waals surface area (Å²) < 4.78 is 39.4. The van der Waals surface area contributed by atoms with E-state index in [-0.39, 0.29) is 10.5 Å². The average molecular weight is 275 g/mol. The zero-order valence-electron chi connectivity index (χ0n) is 10.5. The Morgan fingerprint density at radius 1 is 1.39 bits per heavy atom. The first-order valence-corrected chi connectivity index (χ1v) is 7.24. The van der Waals surface area contributed by atoms with Gasteiger partial charge in [-0.2, -0.15) is 0 Å². The lowest BCUT2D eigenvalue weighted by Crippen LogP contribution is -2.26. The third kappa shape index (κ3) is 4.04. The summed E-state index contributed by atoms with van der Waals surface area (Å²) in [7, 11) is -3.77. The van der Waals surface area contributed by atoms with Gasteiger partial charge in [0.25, 0.3) is 0 Å². The Morgan fingerprint density at radius 2 is 2.06 bits per heavy atom. The number of sulfonamides is 1. The summed E-state index contributed by atoms with van der Waals surface area (Å²) in [5.41, 5.74) is 0.188. The summed E-state index contributed by atoms with van der Waals surface area (Å²) in [6.07, 6.45) is 0.697. The van der Waals surface area contributed by atoms with Gasteiger partial charge in [-0.25, -0.2) is 17.5 Å². The fourth-order valence-corrected chi connectivity index (χ4v) is 2.76. The molecule has 0 aromatic heterocycles. The molecule has 0 atom stereocenters. The lowest BCUT2D eigenvalue weighted by molar-refractivity contribution is 0.278. The summed E-state index contributed by atoms with van der Waals surface area (Å²) in [6, 6.07) is 3.31. The Labute approximate surface area is 107 Å². The first kappa shape index (κ1) is 15.1. The van der Waals surface area contributed by atoms with Crippen LogP contribution in [0, 0.1) is 11.7 Å². The van der Waals surface area contributed by atoms with E-state index in [2.05, 4.69) is 4.72 Å². The van der Waals surface area contributed by atoms with Gasteiger partial charge in [-0.15, -0.1) is 0 Å². The maximum atomic E-state index is 13.1. The zero-order chi connectivity index (χ0) is 13.8. The molecule has 1 aromatic rings. The quantitative estimate of drug-likeness (QED) is 0.829. The molecule has 4 nitrogen and oxygen atoms in total. The Balaban J connectivity index is 2.93. The van der Waals surface area contributed by atoms with Gasteiger partial charge in [0, 0.05) is 6.54 Å². The third-order valence-electron chi connectivity index (χ3n) is 2.50. The molecule has 1 rings (SSSR count). The van der Waals surface area contributed by atoms with Crippen molar-refractivity contribution in [2.45, 2.75) is 31.8 Å². The minimum absolute atomic E-state index is 0.188. The normalized spacial score (nSPS) is 12.1. The van der Waals surface area contributed by atoms with Crippen molar-refractivity contribution in [1.29, 1.82) is 0 Å². The van der Waals surface area contributed by atoms with Gasteiger partial charge in [0.1, 0.15) is 5.82 Å². The number of hydrogen-bond donors (Lipinski definition) is 2. The van der Waals surface area contributed by atoms with Crippen LogP contribution in [-0.4, -0.2) is 20.1 Å². The van der Waals surface area contributed by atoms with Crippen LogP contribution in [0.2, 0.25) is 0 Å². The molecule has 0 aliphatic heterocycles. The number of aliphatic hydroxyl groups is 1. The molecule has 1 aromatic carbocycles. The van der Waals surface area contributed by atoms with Gasteiger partial charge in [-0.1, -0.05) is 19.9 Å². The topological polar surface area (TPSA) is 66.4 Å². The van der Waals surface area contributed by atoms with Crippen LogP contribution in [0.15, 0.2) is 23.1 Å². The summed E-state index contributed by atoms with van der Waals surface area (Å²) in [6.45, 7) is 3.81. The van der Waals surface area contributed by atoms with Crippen molar-refractivity contribution in [3.63, 3.8) is 0 Å². The molecule has 2 N–H and O–H groups in total. The van der Waals surface area contributed by atoms with Gasteiger partial charge in [-0.3, -0.25) is 0 Å². The lowest BCUT2D eigenvalue weighted by Gasteiger charge is -2.11. The molecule has 0 saturated carbocycles. The van der Waals surface area contributed by atoms with Crippen molar-refractivity contribution in [1.82, 2.24) is 4.72 Å². The highest BCUT2D eigenvalue weighted by Crippen LogP contribution is 2.17. The van der Waals surface area contributed by atoms with E-state index in [9.17, 15) is 12.8 Å². The van der Waals surface area contributed by atoms with Gasteiger partial charge >= 0.3 is 0 Å². The summed E-state index contributed by atoms with van der Waals surface area (Å²) in [5, 5.41) is 9.07. The minimum Gasteiger partial charge on any atom is -0.392 e. The van der Waals surface area contributed by atoms with E-state index in [0.717, 1.165) is 12.1 Å². The number of hydrogen-bond acceptors (Lipinski definition) is 3. The van der Waals surface area contributed by atoms with E-state index in [1.165, 1.54) is 6.07 Å². The van der Waals surface area contributed by atoms with Gasteiger partial charge in [-0.05, 0) is 30.0 Å². The second kappa shape index (κ2) is 6.26. The molecule has 0 heterocycles. The highest BCUT2D eigenvalue weighted by atomic mass is 32.2. The van der Waals surface area contributed by atoms with Gasteiger partial charge in [0.2, 0.25) is 10.0 Å². The van der Waals surface area contributed by atoms with Crippen molar-refractivity contribution < 1.29 is 17.9 Å². The number of nitrogens with one attached hydrogen (secondary N) is 1. The molecule has 0 aliphatic rings. The largest absolute Gasteiger partial charge is 0.392 e. The minimum atomic E-state index is -3.77. The predicted molar refractivity (Wildman–Crippen MR) is 67.0 cm³/mol. The predicted octanol–water partition coefficient (Wildman–Crippen LogP) is 1.64. The van der Waals surface area contributed by atoms with Crippen molar-refractivity contribution in [3.8, 4) is 0 Å². The number of halogens is 1. The Morgan fingerprint density at radius 3 is 2.61 bits per heavy atom. The third-order valence-corrected chi connectivity index (χ3v) is 4.05. The maximum absolute atomic E-state index is 13.1. The molecular weight excluding hydrogens is 257 g/mol. The monoisotopic (exact) mass is 275 g/mol. The van der Waals surface area contributed by atoms with Crippen molar-refractivity contribution in [2.75, 3.05) is 6.54 Å². The number of rotatable bonds is 6. The van der Waals surface area contributed by atoms with Crippen LogP contribution in [0.3, 0.4) is 0 Å². The van der Waals surface area contributed by atoms with Gasteiger partial charge < -0.3 is 5.11 Å². The van der Waals surface area contributed by atoms with Crippen molar-refractivity contribution >= 4 is 10.0 Å². The van der Waals surface area contributed by atoms with Crippen LogP contribution in [0.5, 0.6) is 0 Å². The van der Waals surface area contributed by atoms with E-state index < -0.39 is 22.4 Å². The Hall–Kier alpha value is -0.980. The highest BCUT2D eigenvalue weighted by molar-refractivity contribution is 7.89. The summed E-state index contributed by atoms with van der Waals surface area (Å²) in [5.74, 6) is -0.269. The fourth-order valence-electron chi connectivity index (χ4n) is 1.47. The molecule has 0 radical (unpaired) electrons. The second-order valence-corrected chi connectivity index (χ2v) is 6.23. The van der Waals surface area contributed by atoms with Crippen LogP contribution in [0.25, 0.3) is 0 Å². The van der Waals surface area contributed by atoms with E-state index in [0.29, 0.717) is 18.9 Å². The molecule has 102 valence electrons. The fraction of sp³-hybridized carbons (Fsp3) is 0.500. The Kier molecular flexibility index (Phi) is 5.25. The Bertz CT molecular complexity index is 500. The molecule has 6 heteroatoms. The van der Waals surface area contributed by atoms with Gasteiger partial charge in [0.15, 0.2) is 0 Å². The van der Waals surface area contributed by atoms with Crippen molar-refractivity contribution in [2.24, 2.45) is 5.92 Å². The van der Waals surface area contributed by atoms with Crippen LogP contribution in [-0.2, 0) is 16.6 Å². The molecular formula is C12H18FNO3S. The highest BCUT2D eigenvalue weighted by Gasteiger charge is 2.18. The van der Waals surface area contributed by atoms with Gasteiger partial charge in [0.05, 0.1) is 11.5 Å². The molecule has 0 unspecified atom stereocenters. The molecule has 0 aliphatic carbocycles. The average Bonchev–Trinajstić information content (AvgIpc) is 2.28. The lowest BCUT2D eigenvalue weighted by atomic mass is 10.1. The maximum Gasteiger partial charge on any atom is 0.241 e. The number of aliphatic hydroxyl groups excluding tert-OH is 1. The molecule has 0 amide bonds. The summed E-state index contributed by atoms with van der Waals surface area (Å²) >= 11 is 0. The summed E-state index contributed by atoms with van der Waals surface area (Å²) in [4.78, 5) is -0.200. The van der Waals surface area contributed by atoms with E-state index >= 15 is 0 Å². The molecule has 18 heavy (non-hydrogen) atoms. The number of benzene rings is 1. The van der Waals surface area contributed by atoms with Crippen molar-refractivity contribution in [3.05, 3.63) is 29.6 Å². The van der Waals surface area contributed by atoms with E-state index in [4.69, 9.17) is 5.11 Å². The van der Waals surface area contributed by atoms with Crippen LogP contribution in [0.1, 0.15) is 25.8 Å². The molecule has 0 spiro atoms. The molecule has 0 fully saturated rings. The van der Waals surface area contributed by atoms with Crippen LogP contribution in [0.4, 0.5) is 4.39 Å².